The SMILES string of the molecule is CCOc1cc(/C=C2/C(=O)Nc3ccccc32)ccc1OCCOc1ccc(Cl)cc1. The fourth-order valence-corrected chi connectivity index (χ4v) is 3.42. The summed E-state index contributed by atoms with van der Waals surface area (Å²) < 4.78 is 17.3. The fraction of sp³-hybridized carbons (Fsp3) is 0.160. The van der Waals surface area contributed by atoms with Gasteiger partial charge in [-0.2, -0.15) is 0 Å². The van der Waals surface area contributed by atoms with Crippen molar-refractivity contribution in [2.75, 3.05) is 25.1 Å². The van der Waals surface area contributed by atoms with E-state index in [2.05, 4.69) is 5.32 Å². The van der Waals surface area contributed by atoms with Gasteiger partial charge >= 0.3 is 0 Å². The van der Waals surface area contributed by atoms with Gasteiger partial charge in [-0.25, -0.2) is 0 Å². The van der Waals surface area contributed by atoms with Gasteiger partial charge in [0.15, 0.2) is 11.5 Å². The molecule has 1 aliphatic rings. The molecule has 0 atom stereocenters. The summed E-state index contributed by atoms with van der Waals surface area (Å²) in [6, 6.07) is 20.4. The third-order valence-electron chi connectivity index (χ3n) is 4.71. The van der Waals surface area contributed by atoms with Crippen LogP contribution in [-0.4, -0.2) is 25.7 Å². The molecule has 0 fully saturated rings. The second-order valence-electron chi connectivity index (χ2n) is 6.85. The Labute approximate surface area is 186 Å². The molecule has 1 heterocycles. The molecule has 4 rings (SSSR count). The van der Waals surface area contributed by atoms with Crippen molar-refractivity contribution in [1.82, 2.24) is 0 Å². The number of hydrogen-bond acceptors (Lipinski definition) is 4. The molecule has 0 saturated heterocycles. The van der Waals surface area contributed by atoms with E-state index in [9.17, 15) is 4.79 Å². The van der Waals surface area contributed by atoms with E-state index in [0.29, 0.717) is 41.9 Å². The summed E-state index contributed by atoms with van der Waals surface area (Å²) in [7, 11) is 0. The molecule has 0 bridgehead atoms. The van der Waals surface area contributed by atoms with Crippen LogP contribution in [0.1, 0.15) is 18.1 Å². The van der Waals surface area contributed by atoms with E-state index in [1.165, 1.54) is 0 Å². The van der Waals surface area contributed by atoms with Crippen molar-refractivity contribution in [1.29, 1.82) is 0 Å². The van der Waals surface area contributed by atoms with Gasteiger partial charge < -0.3 is 19.5 Å². The lowest BCUT2D eigenvalue weighted by Gasteiger charge is -2.13. The molecule has 1 aliphatic heterocycles. The van der Waals surface area contributed by atoms with E-state index in [0.717, 1.165) is 22.6 Å². The van der Waals surface area contributed by atoms with Crippen molar-refractivity contribution < 1.29 is 19.0 Å². The molecule has 0 saturated carbocycles. The van der Waals surface area contributed by atoms with E-state index in [1.807, 2.05) is 67.6 Å². The predicted molar refractivity (Wildman–Crippen MR) is 123 cm³/mol. The average Bonchev–Trinajstić information content (AvgIpc) is 3.09. The number of rotatable bonds is 8. The summed E-state index contributed by atoms with van der Waals surface area (Å²) in [5.74, 6) is 1.86. The number of carbonyl (C=O) groups excluding carboxylic acids is 1. The van der Waals surface area contributed by atoms with Crippen molar-refractivity contribution in [3.05, 3.63) is 82.9 Å². The second kappa shape index (κ2) is 9.58. The van der Waals surface area contributed by atoms with Crippen LogP contribution in [-0.2, 0) is 4.79 Å². The van der Waals surface area contributed by atoms with Gasteiger partial charge in [-0.15, -0.1) is 0 Å². The van der Waals surface area contributed by atoms with Gasteiger partial charge in [0.2, 0.25) is 0 Å². The molecule has 0 radical (unpaired) electrons. The first-order valence-corrected chi connectivity index (χ1v) is 10.4. The van der Waals surface area contributed by atoms with Crippen LogP contribution in [0.15, 0.2) is 66.7 Å². The molecular formula is C25H22ClNO4. The number of halogens is 1. The van der Waals surface area contributed by atoms with Gasteiger partial charge in [-0.3, -0.25) is 4.79 Å². The zero-order valence-corrected chi connectivity index (χ0v) is 17.8. The molecule has 31 heavy (non-hydrogen) atoms. The summed E-state index contributed by atoms with van der Waals surface area (Å²) in [4.78, 5) is 12.4. The van der Waals surface area contributed by atoms with Gasteiger partial charge in [0.1, 0.15) is 19.0 Å². The van der Waals surface area contributed by atoms with E-state index in [-0.39, 0.29) is 5.91 Å². The van der Waals surface area contributed by atoms with Crippen LogP contribution in [0.2, 0.25) is 5.02 Å². The summed E-state index contributed by atoms with van der Waals surface area (Å²) >= 11 is 5.88. The lowest BCUT2D eigenvalue weighted by atomic mass is 10.0. The van der Waals surface area contributed by atoms with Gasteiger partial charge in [0, 0.05) is 21.8 Å². The Morgan fingerprint density at radius 2 is 1.68 bits per heavy atom. The molecule has 0 aliphatic carbocycles. The number of anilines is 1. The predicted octanol–water partition coefficient (Wildman–Crippen LogP) is 5.69. The lowest BCUT2D eigenvalue weighted by molar-refractivity contribution is -0.110. The molecule has 1 amide bonds. The van der Waals surface area contributed by atoms with Crippen LogP contribution >= 0.6 is 11.6 Å². The molecule has 0 unspecified atom stereocenters. The number of ether oxygens (including phenoxy) is 3. The zero-order chi connectivity index (χ0) is 21.6. The molecule has 1 N–H and O–H groups in total. The minimum absolute atomic E-state index is 0.112. The van der Waals surface area contributed by atoms with Gasteiger partial charge in [-0.05, 0) is 61.0 Å². The van der Waals surface area contributed by atoms with Gasteiger partial charge in [-0.1, -0.05) is 35.9 Å². The van der Waals surface area contributed by atoms with Crippen molar-refractivity contribution in [2.24, 2.45) is 0 Å². The Kier molecular flexibility index (Phi) is 6.43. The summed E-state index contributed by atoms with van der Waals surface area (Å²) in [5, 5.41) is 3.55. The van der Waals surface area contributed by atoms with E-state index in [1.54, 1.807) is 12.1 Å². The average molecular weight is 436 g/mol. The Bertz CT molecular complexity index is 1110. The first kappa shape index (κ1) is 20.8. The number of amides is 1. The molecule has 3 aromatic carbocycles. The summed E-state index contributed by atoms with van der Waals surface area (Å²) in [6.07, 6.45) is 1.86. The molecule has 6 heteroatoms. The van der Waals surface area contributed by atoms with E-state index in [4.69, 9.17) is 25.8 Å². The third-order valence-corrected chi connectivity index (χ3v) is 4.96. The topological polar surface area (TPSA) is 56.8 Å². The molecular weight excluding hydrogens is 414 g/mol. The van der Waals surface area contributed by atoms with Crippen LogP contribution in [0.3, 0.4) is 0 Å². The lowest BCUT2D eigenvalue weighted by Crippen LogP contribution is -2.10. The Morgan fingerprint density at radius 1 is 0.903 bits per heavy atom. The minimum Gasteiger partial charge on any atom is -0.490 e. The highest BCUT2D eigenvalue weighted by Crippen LogP contribution is 2.35. The maximum Gasteiger partial charge on any atom is 0.256 e. The van der Waals surface area contributed by atoms with Crippen LogP contribution in [0, 0.1) is 0 Å². The number of para-hydroxylation sites is 1. The maximum absolute atomic E-state index is 12.4. The highest BCUT2D eigenvalue weighted by atomic mass is 35.5. The normalized spacial score (nSPS) is 13.6. The number of carbonyl (C=O) groups is 1. The number of fused-ring (bicyclic) bond motifs is 1. The first-order valence-electron chi connectivity index (χ1n) is 10.0. The monoisotopic (exact) mass is 435 g/mol. The third kappa shape index (κ3) is 5.01. The molecule has 158 valence electrons. The van der Waals surface area contributed by atoms with Crippen molar-refractivity contribution in [2.45, 2.75) is 6.92 Å². The standard InChI is InChI=1S/C25H22ClNO4/c1-2-29-24-16-17(15-21-20-5-3-4-6-22(20)27-25(21)28)7-12-23(24)31-14-13-30-19-10-8-18(26)9-11-19/h3-12,15-16H,2,13-14H2,1H3,(H,27,28)/b21-15+. The molecule has 3 aromatic rings. The molecule has 5 nitrogen and oxygen atoms in total. The fourth-order valence-electron chi connectivity index (χ4n) is 3.29. The van der Waals surface area contributed by atoms with Crippen LogP contribution in [0.5, 0.6) is 17.2 Å². The maximum atomic E-state index is 12.4. The Balaban J connectivity index is 1.45. The summed E-state index contributed by atoms with van der Waals surface area (Å²) in [5.41, 5.74) is 3.20. The van der Waals surface area contributed by atoms with Crippen molar-refractivity contribution in [3.8, 4) is 17.2 Å². The Morgan fingerprint density at radius 3 is 2.48 bits per heavy atom. The Hall–Kier alpha value is -3.44. The van der Waals surface area contributed by atoms with Crippen molar-refractivity contribution in [3.63, 3.8) is 0 Å². The second-order valence-corrected chi connectivity index (χ2v) is 7.28. The van der Waals surface area contributed by atoms with Crippen LogP contribution in [0.4, 0.5) is 5.69 Å². The van der Waals surface area contributed by atoms with E-state index < -0.39 is 0 Å². The molecule has 0 spiro atoms. The smallest absolute Gasteiger partial charge is 0.256 e. The first-order chi connectivity index (χ1) is 15.1. The van der Waals surface area contributed by atoms with Gasteiger partial charge in [0.05, 0.1) is 6.61 Å². The number of nitrogens with one attached hydrogen (secondary N) is 1. The van der Waals surface area contributed by atoms with Crippen LogP contribution < -0.4 is 19.5 Å². The largest absolute Gasteiger partial charge is 0.490 e. The highest BCUT2D eigenvalue weighted by molar-refractivity contribution is 6.34. The van der Waals surface area contributed by atoms with Crippen LogP contribution in [0.25, 0.3) is 11.6 Å². The van der Waals surface area contributed by atoms with E-state index >= 15 is 0 Å². The number of hydrogen-bond donors (Lipinski definition) is 1. The molecule has 0 aromatic heterocycles. The van der Waals surface area contributed by atoms with Gasteiger partial charge in [0.25, 0.3) is 5.91 Å². The summed E-state index contributed by atoms with van der Waals surface area (Å²) in [6.45, 7) is 3.16. The quantitative estimate of drug-likeness (QED) is 0.365. The zero-order valence-electron chi connectivity index (χ0n) is 17.1. The highest BCUT2D eigenvalue weighted by Gasteiger charge is 2.23. The van der Waals surface area contributed by atoms with Crippen molar-refractivity contribution >= 4 is 34.8 Å². The number of benzene rings is 3. The minimum atomic E-state index is -0.112.